The quantitative estimate of drug-likeness (QED) is 0.531. The number of halogens is 1. The zero-order valence-electron chi connectivity index (χ0n) is 19.5. The van der Waals surface area contributed by atoms with Gasteiger partial charge in [-0.1, -0.05) is 59.6 Å². The molecule has 0 radical (unpaired) electrons. The van der Waals surface area contributed by atoms with Gasteiger partial charge in [-0.3, -0.25) is 14.4 Å². The Morgan fingerprint density at radius 2 is 1.69 bits per heavy atom. The fraction of sp³-hybridized carbons (Fsp3) is 0.179. The van der Waals surface area contributed by atoms with Gasteiger partial charge in [0.05, 0.1) is 5.69 Å². The number of rotatable bonds is 4. The SMILES string of the molecule is Cc1ccc(N2C(=O)C(Cl)=C(Nc3cccc(C(=O)N4CCc5ccccc5C4)c3)C2=O)c(C)c1. The molecule has 0 aromatic heterocycles. The van der Waals surface area contributed by atoms with Crippen molar-refractivity contribution >= 4 is 40.7 Å². The van der Waals surface area contributed by atoms with Crippen molar-refractivity contribution in [2.24, 2.45) is 0 Å². The molecule has 7 heteroatoms. The third-order valence-corrected chi connectivity index (χ3v) is 6.77. The van der Waals surface area contributed by atoms with Gasteiger partial charge in [0.1, 0.15) is 10.7 Å². The standard InChI is InChI=1S/C28H24ClN3O3/c1-17-10-11-23(18(2)14-17)32-27(34)24(29)25(28(32)35)30-22-9-5-8-20(15-22)26(33)31-13-12-19-6-3-4-7-21(19)16-31/h3-11,14-15,30H,12-13,16H2,1-2H3. The van der Waals surface area contributed by atoms with Crippen molar-refractivity contribution in [3.63, 3.8) is 0 Å². The van der Waals surface area contributed by atoms with Crippen LogP contribution in [0.5, 0.6) is 0 Å². The van der Waals surface area contributed by atoms with Crippen LogP contribution in [0.4, 0.5) is 11.4 Å². The highest BCUT2D eigenvalue weighted by atomic mass is 35.5. The number of imide groups is 1. The number of nitrogens with zero attached hydrogens (tertiary/aromatic N) is 2. The van der Waals surface area contributed by atoms with Gasteiger partial charge in [0.15, 0.2) is 0 Å². The van der Waals surface area contributed by atoms with Gasteiger partial charge in [-0.05, 0) is 61.2 Å². The van der Waals surface area contributed by atoms with Gasteiger partial charge in [0.25, 0.3) is 17.7 Å². The van der Waals surface area contributed by atoms with Crippen LogP contribution in [0.15, 0.2) is 77.5 Å². The summed E-state index contributed by atoms with van der Waals surface area (Å²) in [6.45, 7) is 4.99. The topological polar surface area (TPSA) is 69.7 Å². The molecule has 2 aliphatic heterocycles. The average molecular weight is 486 g/mol. The Labute approximate surface area is 208 Å². The minimum Gasteiger partial charge on any atom is -0.350 e. The minimum absolute atomic E-state index is 0.00635. The number of nitrogens with one attached hydrogen (secondary N) is 1. The summed E-state index contributed by atoms with van der Waals surface area (Å²) in [5.41, 5.74) is 5.74. The maximum atomic E-state index is 13.2. The van der Waals surface area contributed by atoms with Crippen molar-refractivity contribution in [3.8, 4) is 0 Å². The first-order valence-corrected chi connectivity index (χ1v) is 11.8. The summed E-state index contributed by atoms with van der Waals surface area (Å²) in [7, 11) is 0. The van der Waals surface area contributed by atoms with Crippen LogP contribution in [0.1, 0.15) is 32.6 Å². The molecule has 0 saturated heterocycles. The fourth-order valence-corrected chi connectivity index (χ4v) is 4.82. The summed E-state index contributed by atoms with van der Waals surface area (Å²) in [5, 5.41) is 2.80. The average Bonchev–Trinajstić information content (AvgIpc) is 3.06. The van der Waals surface area contributed by atoms with E-state index in [2.05, 4.69) is 11.4 Å². The van der Waals surface area contributed by atoms with Gasteiger partial charge < -0.3 is 10.2 Å². The van der Waals surface area contributed by atoms with E-state index < -0.39 is 11.8 Å². The molecule has 35 heavy (non-hydrogen) atoms. The first-order chi connectivity index (χ1) is 16.8. The molecule has 3 aromatic rings. The molecule has 1 N–H and O–H groups in total. The maximum Gasteiger partial charge on any atom is 0.283 e. The Morgan fingerprint density at radius 1 is 0.914 bits per heavy atom. The summed E-state index contributed by atoms with van der Waals surface area (Å²) in [6.07, 6.45) is 0.813. The molecular formula is C28H24ClN3O3. The molecule has 0 spiro atoms. The number of hydrogen-bond donors (Lipinski definition) is 1. The van der Waals surface area contributed by atoms with Crippen LogP contribution < -0.4 is 10.2 Å². The van der Waals surface area contributed by atoms with Crippen LogP contribution in [-0.4, -0.2) is 29.2 Å². The lowest BCUT2D eigenvalue weighted by atomic mass is 9.99. The van der Waals surface area contributed by atoms with E-state index in [-0.39, 0.29) is 16.6 Å². The van der Waals surface area contributed by atoms with E-state index in [4.69, 9.17) is 11.6 Å². The Balaban J connectivity index is 1.36. The predicted octanol–water partition coefficient (Wildman–Crippen LogP) is 4.94. The Morgan fingerprint density at radius 3 is 2.46 bits per heavy atom. The normalized spacial score (nSPS) is 15.5. The molecule has 176 valence electrons. The van der Waals surface area contributed by atoms with Crippen molar-refractivity contribution in [2.45, 2.75) is 26.8 Å². The molecule has 0 aliphatic carbocycles. The monoisotopic (exact) mass is 485 g/mol. The van der Waals surface area contributed by atoms with E-state index in [0.29, 0.717) is 30.0 Å². The molecule has 0 saturated carbocycles. The molecular weight excluding hydrogens is 462 g/mol. The number of carbonyl (C=O) groups excluding carboxylic acids is 3. The second-order valence-electron chi connectivity index (χ2n) is 8.88. The lowest BCUT2D eigenvalue weighted by molar-refractivity contribution is -0.120. The number of benzene rings is 3. The summed E-state index contributed by atoms with van der Waals surface area (Å²) >= 11 is 6.30. The van der Waals surface area contributed by atoms with Gasteiger partial charge in [0, 0.05) is 24.3 Å². The second kappa shape index (κ2) is 9.04. The lowest BCUT2D eigenvalue weighted by Gasteiger charge is -2.29. The van der Waals surface area contributed by atoms with Crippen LogP contribution in [0.3, 0.4) is 0 Å². The third kappa shape index (κ3) is 4.21. The number of aryl methyl sites for hydroxylation is 2. The molecule has 5 rings (SSSR count). The van der Waals surface area contributed by atoms with Gasteiger partial charge >= 0.3 is 0 Å². The van der Waals surface area contributed by atoms with Crippen molar-refractivity contribution in [2.75, 3.05) is 16.8 Å². The van der Waals surface area contributed by atoms with Crippen molar-refractivity contribution in [1.29, 1.82) is 0 Å². The van der Waals surface area contributed by atoms with E-state index in [0.717, 1.165) is 28.0 Å². The van der Waals surface area contributed by atoms with Crippen molar-refractivity contribution < 1.29 is 14.4 Å². The van der Waals surface area contributed by atoms with Crippen molar-refractivity contribution in [1.82, 2.24) is 4.90 Å². The van der Waals surface area contributed by atoms with E-state index >= 15 is 0 Å². The van der Waals surface area contributed by atoms with Crippen LogP contribution in [0.25, 0.3) is 0 Å². The molecule has 2 aliphatic rings. The molecule has 3 aromatic carbocycles. The first-order valence-electron chi connectivity index (χ1n) is 11.4. The van der Waals surface area contributed by atoms with Crippen LogP contribution in [-0.2, 0) is 22.6 Å². The van der Waals surface area contributed by atoms with Crippen LogP contribution >= 0.6 is 11.6 Å². The number of fused-ring (bicyclic) bond motifs is 1. The number of amides is 3. The molecule has 0 fully saturated rings. The minimum atomic E-state index is -0.578. The third-order valence-electron chi connectivity index (χ3n) is 6.42. The Kier molecular flexibility index (Phi) is 5.91. The molecule has 0 unspecified atom stereocenters. The summed E-state index contributed by atoms with van der Waals surface area (Å²) in [4.78, 5) is 42.1. The highest BCUT2D eigenvalue weighted by molar-refractivity contribution is 6.53. The smallest absolute Gasteiger partial charge is 0.283 e. The number of anilines is 2. The van der Waals surface area contributed by atoms with Crippen molar-refractivity contribution in [3.05, 3.63) is 105 Å². The highest BCUT2D eigenvalue weighted by Gasteiger charge is 2.39. The summed E-state index contributed by atoms with van der Waals surface area (Å²) in [6, 6.07) is 20.5. The Hall–Kier alpha value is -3.90. The summed E-state index contributed by atoms with van der Waals surface area (Å²) < 4.78 is 0. The van der Waals surface area contributed by atoms with Crippen LogP contribution in [0.2, 0.25) is 0 Å². The second-order valence-corrected chi connectivity index (χ2v) is 9.25. The maximum absolute atomic E-state index is 13.2. The highest BCUT2D eigenvalue weighted by Crippen LogP contribution is 2.32. The zero-order chi connectivity index (χ0) is 24.7. The predicted molar refractivity (Wildman–Crippen MR) is 136 cm³/mol. The van der Waals surface area contributed by atoms with Gasteiger partial charge in [-0.25, -0.2) is 4.90 Å². The Bertz CT molecular complexity index is 1410. The lowest BCUT2D eigenvalue weighted by Crippen LogP contribution is -2.36. The van der Waals surface area contributed by atoms with Crippen LogP contribution in [0, 0.1) is 13.8 Å². The molecule has 6 nitrogen and oxygen atoms in total. The zero-order valence-corrected chi connectivity index (χ0v) is 20.2. The summed E-state index contributed by atoms with van der Waals surface area (Å²) in [5.74, 6) is -1.20. The van der Waals surface area contributed by atoms with E-state index in [9.17, 15) is 14.4 Å². The molecule has 0 bridgehead atoms. The first kappa shape index (κ1) is 22.9. The largest absolute Gasteiger partial charge is 0.350 e. The van der Waals surface area contributed by atoms with Gasteiger partial charge in [0.2, 0.25) is 0 Å². The van der Waals surface area contributed by atoms with Gasteiger partial charge in [-0.15, -0.1) is 0 Å². The molecule has 0 atom stereocenters. The van der Waals surface area contributed by atoms with E-state index in [1.54, 1.807) is 30.3 Å². The van der Waals surface area contributed by atoms with E-state index in [1.807, 2.05) is 49.1 Å². The molecule has 2 heterocycles. The number of carbonyl (C=O) groups is 3. The van der Waals surface area contributed by atoms with E-state index in [1.165, 1.54) is 5.56 Å². The number of hydrogen-bond acceptors (Lipinski definition) is 4. The van der Waals surface area contributed by atoms with Gasteiger partial charge in [-0.2, -0.15) is 0 Å². The molecule has 3 amide bonds. The fourth-order valence-electron chi connectivity index (χ4n) is 4.61.